The van der Waals surface area contributed by atoms with Gasteiger partial charge in [0, 0.05) is 49.3 Å². The van der Waals surface area contributed by atoms with Crippen molar-refractivity contribution in [2.24, 2.45) is 0 Å². The molecular formula is C58H36N4. The minimum Gasteiger partial charge on any atom is -0.309 e. The molecule has 0 spiro atoms. The summed E-state index contributed by atoms with van der Waals surface area (Å²) >= 11 is 0. The molecule has 0 saturated carbocycles. The summed E-state index contributed by atoms with van der Waals surface area (Å²) in [7, 11) is 0. The second kappa shape index (κ2) is 13.6. The van der Waals surface area contributed by atoms with Crippen LogP contribution in [0.15, 0.2) is 218 Å². The summed E-state index contributed by atoms with van der Waals surface area (Å²) in [5, 5.41) is 12.1. The van der Waals surface area contributed by atoms with E-state index >= 15 is 0 Å². The molecule has 0 amide bonds. The summed E-state index contributed by atoms with van der Waals surface area (Å²) in [6.45, 7) is 0. The molecule has 4 heteroatoms. The Morgan fingerprint density at radius 1 is 0.290 bits per heavy atom. The predicted octanol–water partition coefficient (Wildman–Crippen LogP) is 15.1. The van der Waals surface area contributed by atoms with Crippen LogP contribution in [-0.4, -0.2) is 19.1 Å². The van der Waals surface area contributed by atoms with E-state index < -0.39 is 0 Å². The van der Waals surface area contributed by atoms with Crippen LogP contribution in [-0.2, 0) is 0 Å². The van der Waals surface area contributed by atoms with Crippen molar-refractivity contribution in [1.29, 1.82) is 0 Å². The molecule has 62 heavy (non-hydrogen) atoms. The normalized spacial score (nSPS) is 11.9. The molecule has 0 aliphatic carbocycles. The van der Waals surface area contributed by atoms with Gasteiger partial charge in [0.05, 0.1) is 39.1 Å². The van der Waals surface area contributed by atoms with E-state index in [4.69, 9.17) is 9.97 Å². The lowest BCUT2D eigenvalue weighted by molar-refractivity contribution is 1.16. The molecule has 0 unspecified atom stereocenters. The summed E-state index contributed by atoms with van der Waals surface area (Å²) in [4.78, 5) is 10.6. The van der Waals surface area contributed by atoms with E-state index in [1.165, 1.54) is 48.6 Å². The fraction of sp³-hybridized carbons (Fsp3) is 0. The monoisotopic (exact) mass is 788 g/mol. The van der Waals surface area contributed by atoms with Crippen LogP contribution in [0, 0.1) is 0 Å². The highest BCUT2D eigenvalue weighted by molar-refractivity contribution is 6.25. The Labute approximate surface area is 357 Å². The molecule has 13 rings (SSSR count). The molecule has 0 aliphatic heterocycles. The Morgan fingerprint density at radius 2 is 0.887 bits per heavy atom. The summed E-state index contributed by atoms with van der Waals surface area (Å²) in [6, 6.07) is 78.7. The van der Waals surface area contributed by atoms with Gasteiger partial charge in [0.25, 0.3) is 0 Å². The molecule has 0 aliphatic rings. The van der Waals surface area contributed by atoms with Crippen molar-refractivity contribution < 1.29 is 0 Å². The van der Waals surface area contributed by atoms with Gasteiger partial charge in [-0.2, -0.15) is 0 Å². The third-order valence-electron chi connectivity index (χ3n) is 12.6. The Kier molecular flexibility index (Phi) is 7.57. The number of fused-ring (bicyclic) bond motifs is 10. The zero-order valence-electron chi connectivity index (χ0n) is 33.6. The molecule has 10 aromatic carbocycles. The molecule has 3 aromatic heterocycles. The van der Waals surface area contributed by atoms with Crippen molar-refractivity contribution in [2.75, 3.05) is 0 Å². The number of aromatic nitrogens is 4. The molecule has 0 radical (unpaired) electrons. The van der Waals surface area contributed by atoms with Gasteiger partial charge in [-0.05, 0) is 81.5 Å². The Balaban J connectivity index is 1.13. The molecule has 3 heterocycles. The van der Waals surface area contributed by atoms with E-state index in [9.17, 15) is 0 Å². The van der Waals surface area contributed by atoms with Crippen LogP contribution >= 0.6 is 0 Å². The van der Waals surface area contributed by atoms with Crippen LogP contribution < -0.4 is 0 Å². The van der Waals surface area contributed by atoms with Crippen LogP contribution in [0.1, 0.15) is 0 Å². The van der Waals surface area contributed by atoms with Gasteiger partial charge in [0.2, 0.25) is 0 Å². The maximum absolute atomic E-state index is 5.29. The zero-order chi connectivity index (χ0) is 40.7. The molecular weight excluding hydrogens is 753 g/mol. The topological polar surface area (TPSA) is 35.6 Å². The predicted molar refractivity (Wildman–Crippen MR) is 260 cm³/mol. The second-order valence-corrected chi connectivity index (χ2v) is 16.2. The molecule has 0 atom stereocenters. The van der Waals surface area contributed by atoms with Crippen molar-refractivity contribution in [2.45, 2.75) is 0 Å². The van der Waals surface area contributed by atoms with E-state index in [-0.39, 0.29) is 0 Å². The van der Waals surface area contributed by atoms with Crippen LogP contribution in [0.3, 0.4) is 0 Å². The largest absolute Gasteiger partial charge is 0.309 e. The highest BCUT2D eigenvalue weighted by Crippen LogP contribution is 2.43. The van der Waals surface area contributed by atoms with Gasteiger partial charge in [-0.15, -0.1) is 0 Å². The van der Waals surface area contributed by atoms with Crippen molar-refractivity contribution in [1.82, 2.24) is 19.1 Å². The van der Waals surface area contributed by atoms with Gasteiger partial charge in [0.15, 0.2) is 5.82 Å². The van der Waals surface area contributed by atoms with E-state index in [1.807, 2.05) is 12.1 Å². The maximum Gasteiger partial charge on any atom is 0.160 e. The van der Waals surface area contributed by atoms with Crippen LogP contribution in [0.2, 0.25) is 0 Å². The fourth-order valence-corrected chi connectivity index (χ4v) is 9.80. The number of benzene rings is 10. The lowest BCUT2D eigenvalue weighted by Crippen LogP contribution is -2.00. The third-order valence-corrected chi connectivity index (χ3v) is 12.6. The Morgan fingerprint density at radius 3 is 1.65 bits per heavy atom. The number of hydrogen-bond acceptors (Lipinski definition) is 2. The van der Waals surface area contributed by atoms with Crippen LogP contribution in [0.4, 0.5) is 0 Å². The Hall–Kier alpha value is -8.34. The second-order valence-electron chi connectivity index (χ2n) is 16.2. The average Bonchev–Trinajstić information content (AvgIpc) is 3.85. The van der Waals surface area contributed by atoms with Gasteiger partial charge >= 0.3 is 0 Å². The number of hydrogen-bond donors (Lipinski definition) is 0. The molecule has 0 fully saturated rings. The SMILES string of the molecule is c1ccc(-c2cc(-c3ccccc3)nc(-c3cc(-n4c5ccccc5c5cc6c7c8ccccc8ccc7n(-c7ccc8ccccc8c7)c6cc54)c4ccccc4c3)n2)cc1. The third kappa shape index (κ3) is 5.33. The quantitative estimate of drug-likeness (QED) is 0.174. The van der Waals surface area contributed by atoms with Gasteiger partial charge in [0.1, 0.15) is 0 Å². The van der Waals surface area contributed by atoms with E-state index in [2.05, 4.69) is 215 Å². The minimum atomic E-state index is 0.684. The number of nitrogens with zero attached hydrogens (tertiary/aromatic N) is 4. The number of rotatable bonds is 5. The minimum absolute atomic E-state index is 0.684. The standard InChI is InChI=1S/C58H36N4/c1-3-17-39(18-4-1)50-35-51(40-19-5-2-6-20-40)60-58(59-50)43-31-42-22-10-11-23-45(42)54(33-43)62-52-26-14-13-25-47(52)48-34-49-56(36-55(48)62)61(44-29-27-37-15-7-8-21-41(37)32-44)53-30-28-38-16-9-12-24-46(38)57(49)53/h1-36H. The molecule has 0 saturated heterocycles. The smallest absolute Gasteiger partial charge is 0.160 e. The lowest BCUT2D eigenvalue weighted by atomic mass is 10.0. The summed E-state index contributed by atoms with van der Waals surface area (Å²) < 4.78 is 4.93. The first-order valence-electron chi connectivity index (χ1n) is 21.2. The van der Waals surface area contributed by atoms with Crippen molar-refractivity contribution in [3.63, 3.8) is 0 Å². The molecule has 288 valence electrons. The molecule has 0 N–H and O–H groups in total. The highest BCUT2D eigenvalue weighted by Gasteiger charge is 2.22. The van der Waals surface area contributed by atoms with Crippen molar-refractivity contribution in [3.8, 4) is 45.3 Å². The van der Waals surface area contributed by atoms with Crippen LogP contribution in [0.5, 0.6) is 0 Å². The first-order chi connectivity index (χ1) is 30.7. The lowest BCUT2D eigenvalue weighted by Gasteiger charge is -2.15. The molecule has 13 aromatic rings. The summed E-state index contributed by atoms with van der Waals surface area (Å²) in [5.41, 5.74) is 11.7. The first kappa shape index (κ1) is 34.5. The maximum atomic E-state index is 5.29. The summed E-state index contributed by atoms with van der Waals surface area (Å²) in [6.07, 6.45) is 0. The zero-order valence-corrected chi connectivity index (χ0v) is 33.6. The molecule has 4 nitrogen and oxygen atoms in total. The Bertz CT molecular complexity index is 3860. The van der Waals surface area contributed by atoms with Gasteiger partial charge < -0.3 is 9.13 Å². The first-order valence-corrected chi connectivity index (χ1v) is 21.2. The van der Waals surface area contributed by atoms with Crippen molar-refractivity contribution in [3.05, 3.63) is 218 Å². The number of para-hydroxylation sites is 1. The summed E-state index contributed by atoms with van der Waals surface area (Å²) in [5.74, 6) is 0.684. The van der Waals surface area contributed by atoms with Gasteiger partial charge in [-0.3, -0.25) is 0 Å². The van der Waals surface area contributed by atoms with Crippen molar-refractivity contribution >= 4 is 75.9 Å². The van der Waals surface area contributed by atoms with Crippen LogP contribution in [0.25, 0.3) is 121 Å². The van der Waals surface area contributed by atoms with E-state index in [0.717, 1.165) is 66.8 Å². The van der Waals surface area contributed by atoms with E-state index in [0.29, 0.717) is 5.82 Å². The average molecular weight is 789 g/mol. The van der Waals surface area contributed by atoms with E-state index in [1.54, 1.807) is 0 Å². The fourth-order valence-electron chi connectivity index (χ4n) is 9.80. The molecule has 0 bridgehead atoms. The van der Waals surface area contributed by atoms with Gasteiger partial charge in [-0.1, -0.05) is 164 Å². The van der Waals surface area contributed by atoms with Gasteiger partial charge in [-0.25, -0.2) is 9.97 Å². The highest BCUT2D eigenvalue weighted by atomic mass is 15.0.